The van der Waals surface area contributed by atoms with Crippen LogP contribution >= 0.6 is 0 Å². The molecule has 1 N–H and O–H groups in total. The van der Waals surface area contributed by atoms with Gasteiger partial charge in [0.25, 0.3) is 0 Å². The van der Waals surface area contributed by atoms with Gasteiger partial charge in [0.2, 0.25) is 0 Å². The lowest BCUT2D eigenvalue weighted by molar-refractivity contribution is -0.122. The van der Waals surface area contributed by atoms with Crippen LogP contribution in [0.25, 0.3) is 0 Å². The summed E-state index contributed by atoms with van der Waals surface area (Å²) < 4.78 is 0. The number of rotatable bonds is 7. The zero-order valence-electron chi connectivity index (χ0n) is 11.0. The summed E-state index contributed by atoms with van der Waals surface area (Å²) in [6.45, 7) is 11.5. The predicted octanol–water partition coefficient (Wildman–Crippen LogP) is 3.16. The van der Waals surface area contributed by atoms with Gasteiger partial charge in [-0.25, -0.2) is 0 Å². The molecule has 0 radical (unpaired) electrons. The van der Waals surface area contributed by atoms with Crippen molar-refractivity contribution in [3.8, 4) is 0 Å². The smallest absolute Gasteiger partial charge is 0.135 e. The van der Waals surface area contributed by atoms with Gasteiger partial charge in [0.1, 0.15) is 5.78 Å². The second kappa shape index (κ2) is 7.00. The van der Waals surface area contributed by atoms with Gasteiger partial charge in [0, 0.05) is 17.9 Å². The Morgan fingerprint density at radius 1 is 1.13 bits per heavy atom. The maximum Gasteiger partial charge on any atom is 0.135 e. The molecule has 2 heteroatoms. The molecule has 0 aromatic heterocycles. The van der Waals surface area contributed by atoms with Crippen LogP contribution in [-0.2, 0) is 4.79 Å². The average Bonchev–Trinajstić information content (AvgIpc) is 2.08. The number of hydrogen-bond donors (Lipinski definition) is 1. The summed E-state index contributed by atoms with van der Waals surface area (Å²) >= 11 is 0. The first-order chi connectivity index (χ1) is 6.83. The molecular formula is C13H27NO. The number of unbranched alkanes of at least 4 members (excludes halogenated alkanes) is 2. The second-order valence-electron chi connectivity index (χ2n) is 5.61. The van der Waals surface area contributed by atoms with Crippen LogP contribution in [0.15, 0.2) is 0 Å². The summed E-state index contributed by atoms with van der Waals surface area (Å²) in [4.78, 5) is 11.3. The lowest BCUT2D eigenvalue weighted by Gasteiger charge is -2.20. The highest BCUT2D eigenvalue weighted by Gasteiger charge is 2.08. The highest BCUT2D eigenvalue weighted by atomic mass is 16.1. The van der Waals surface area contributed by atoms with Gasteiger partial charge in [0.15, 0.2) is 0 Å². The molecule has 0 spiro atoms. The summed E-state index contributed by atoms with van der Waals surface area (Å²) in [7, 11) is 0. The molecule has 0 aromatic rings. The van der Waals surface area contributed by atoms with Crippen molar-refractivity contribution in [1.82, 2.24) is 5.32 Å². The normalized spacial score (nSPS) is 12.1. The first kappa shape index (κ1) is 14.6. The summed E-state index contributed by atoms with van der Waals surface area (Å²) in [5, 5.41) is 3.45. The Labute approximate surface area is 94.8 Å². The molecule has 0 saturated carbocycles. The minimum Gasteiger partial charge on any atom is -0.312 e. The SMILES string of the molecule is CC(C)C(=O)CCCCCNC(C)(C)C. The van der Waals surface area contributed by atoms with E-state index in [0.29, 0.717) is 5.78 Å². The average molecular weight is 213 g/mol. The third kappa shape index (κ3) is 9.92. The first-order valence-electron chi connectivity index (χ1n) is 6.10. The van der Waals surface area contributed by atoms with E-state index in [2.05, 4.69) is 26.1 Å². The number of carbonyl (C=O) groups excluding carboxylic acids is 1. The van der Waals surface area contributed by atoms with E-state index >= 15 is 0 Å². The van der Waals surface area contributed by atoms with Gasteiger partial charge >= 0.3 is 0 Å². The fourth-order valence-corrected chi connectivity index (χ4v) is 1.35. The Hall–Kier alpha value is -0.370. The van der Waals surface area contributed by atoms with Crippen LogP contribution in [0.5, 0.6) is 0 Å². The van der Waals surface area contributed by atoms with Crippen LogP contribution in [0.1, 0.15) is 60.3 Å². The van der Waals surface area contributed by atoms with Crippen molar-refractivity contribution in [2.24, 2.45) is 5.92 Å². The number of carbonyl (C=O) groups is 1. The summed E-state index contributed by atoms with van der Waals surface area (Å²) in [6.07, 6.45) is 4.13. The predicted molar refractivity (Wildman–Crippen MR) is 66.1 cm³/mol. The molecule has 0 bridgehead atoms. The maximum absolute atomic E-state index is 11.3. The number of hydrogen-bond acceptors (Lipinski definition) is 2. The standard InChI is InChI=1S/C13H27NO/c1-11(2)12(15)9-7-6-8-10-14-13(3,4)5/h11,14H,6-10H2,1-5H3. The van der Waals surface area contributed by atoms with E-state index in [1.54, 1.807) is 0 Å². The molecule has 0 unspecified atom stereocenters. The van der Waals surface area contributed by atoms with Crippen LogP contribution in [0.4, 0.5) is 0 Å². The molecule has 0 aliphatic carbocycles. The Kier molecular flexibility index (Phi) is 6.82. The van der Waals surface area contributed by atoms with Gasteiger partial charge < -0.3 is 5.32 Å². The Morgan fingerprint density at radius 3 is 2.20 bits per heavy atom. The molecular weight excluding hydrogens is 186 g/mol. The monoisotopic (exact) mass is 213 g/mol. The Morgan fingerprint density at radius 2 is 1.73 bits per heavy atom. The molecule has 0 saturated heterocycles. The molecule has 0 aliphatic rings. The van der Waals surface area contributed by atoms with E-state index in [4.69, 9.17) is 0 Å². The second-order valence-corrected chi connectivity index (χ2v) is 5.61. The molecule has 0 aliphatic heterocycles. The van der Waals surface area contributed by atoms with E-state index in [9.17, 15) is 4.79 Å². The highest BCUT2D eigenvalue weighted by Crippen LogP contribution is 2.06. The van der Waals surface area contributed by atoms with Crippen LogP contribution < -0.4 is 5.32 Å². The molecule has 0 fully saturated rings. The molecule has 15 heavy (non-hydrogen) atoms. The lowest BCUT2D eigenvalue weighted by Crippen LogP contribution is -2.36. The van der Waals surface area contributed by atoms with Gasteiger partial charge in [0.05, 0.1) is 0 Å². The molecule has 0 aromatic carbocycles. The number of ketones is 1. The lowest BCUT2D eigenvalue weighted by atomic mass is 10.0. The van der Waals surface area contributed by atoms with Gasteiger partial charge in [-0.15, -0.1) is 0 Å². The number of Topliss-reactive ketones (excluding diaryl/α,β-unsaturated/α-hetero) is 1. The van der Waals surface area contributed by atoms with Gasteiger partial charge in [-0.3, -0.25) is 4.79 Å². The molecule has 2 nitrogen and oxygen atoms in total. The van der Waals surface area contributed by atoms with Crippen LogP contribution in [-0.4, -0.2) is 17.9 Å². The van der Waals surface area contributed by atoms with E-state index in [1.807, 2.05) is 13.8 Å². The van der Waals surface area contributed by atoms with Gasteiger partial charge in [-0.2, -0.15) is 0 Å². The Bertz CT molecular complexity index is 179. The van der Waals surface area contributed by atoms with Crippen molar-refractivity contribution in [3.63, 3.8) is 0 Å². The van der Waals surface area contributed by atoms with Crippen molar-refractivity contribution in [1.29, 1.82) is 0 Å². The quantitative estimate of drug-likeness (QED) is 0.658. The molecule has 90 valence electrons. The minimum atomic E-state index is 0.206. The molecule has 0 heterocycles. The molecule has 0 atom stereocenters. The summed E-state index contributed by atoms with van der Waals surface area (Å²) in [6, 6.07) is 0. The topological polar surface area (TPSA) is 29.1 Å². The minimum absolute atomic E-state index is 0.206. The van der Waals surface area contributed by atoms with Crippen molar-refractivity contribution in [2.75, 3.05) is 6.54 Å². The van der Waals surface area contributed by atoms with Crippen molar-refractivity contribution < 1.29 is 4.79 Å². The van der Waals surface area contributed by atoms with Crippen molar-refractivity contribution in [2.45, 2.75) is 65.8 Å². The van der Waals surface area contributed by atoms with E-state index < -0.39 is 0 Å². The summed E-state index contributed by atoms with van der Waals surface area (Å²) in [5.74, 6) is 0.608. The van der Waals surface area contributed by atoms with E-state index in [-0.39, 0.29) is 11.5 Å². The zero-order valence-corrected chi connectivity index (χ0v) is 11.0. The van der Waals surface area contributed by atoms with Crippen LogP contribution in [0.3, 0.4) is 0 Å². The van der Waals surface area contributed by atoms with E-state index in [1.165, 1.54) is 6.42 Å². The van der Waals surface area contributed by atoms with Crippen molar-refractivity contribution >= 4 is 5.78 Å². The largest absolute Gasteiger partial charge is 0.312 e. The Balaban J connectivity index is 3.30. The highest BCUT2D eigenvalue weighted by molar-refractivity contribution is 5.80. The summed E-state index contributed by atoms with van der Waals surface area (Å²) in [5.41, 5.74) is 0.216. The zero-order chi connectivity index (χ0) is 11.9. The van der Waals surface area contributed by atoms with E-state index in [0.717, 1.165) is 25.8 Å². The van der Waals surface area contributed by atoms with Gasteiger partial charge in [-0.05, 0) is 40.2 Å². The van der Waals surface area contributed by atoms with Crippen LogP contribution in [0, 0.1) is 5.92 Å². The van der Waals surface area contributed by atoms with Crippen LogP contribution in [0.2, 0.25) is 0 Å². The third-order valence-electron chi connectivity index (χ3n) is 2.40. The van der Waals surface area contributed by atoms with Crippen molar-refractivity contribution in [3.05, 3.63) is 0 Å². The maximum atomic E-state index is 11.3. The third-order valence-corrected chi connectivity index (χ3v) is 2.40. The first-order valence-corrected chi connectivity index (χ1v) is 6.10. The fraction of sp³-hybridized carbons (Fsp3) is 0.923. The molecule has 0 rings (SSSR count). The van der Waals surface area contributed by atoms with Gasteiger partial charge in [-0.1, -0.05) is 20.3 Å². The molecule has 0 amide bonds. The number of nitrogens with one attached hydrogen (secondary N) is 1. The fourth-order valence-electron chi connectivity index (χ4n) is 1.35.